The molecule has 0 aliphatic heterocycles. The number of sulfonamides is 1. The van der Waals surface area contributed by atoms with Crippen LogP contribution in [0.15, 0.2) is 77.7 Å². The van der Waals surface area contributed by atoms with Crippen LogP contribution in [0.25, 0.3) is 0 Å². The Morgan fingerprint density at radius 2 is 1.62 bits per heavy atom. The molecule has 214 valence electrons. The van der Waals surface area contributed by atoms with Crippen molar-refractivity contribution < 1.29 is 22.7 Å². The van der Waals surface area contributed by atoms with Crippen LogP contribution in [0, 0.1) is 13.8 Å². The Balaban J connectivity index is 2.06. The Labute approximate surface area is 238 Å². The zero-order valence-corrected chi connectivity index (χ0v) is 24.7. The smallest absolute Gasteiger partial charge is 0.264 e. The summed E-state index contributed by atoms with van der Waals surface area (Å²) >= 11 is 0. The average Bonchev–Trinajstić information content (AvgIpc) is 2.94. The highest BCUT2D eigenvalue weighted by atomic mass is 32.2. The Morgan fingerprint density at radius 1 is 0.925 bits per heavy atom. The molecule has 9 heteroatoms. The molecule has 8 nitrogen and oxygen atoms in total. The third-order valence-corrected chi connectivity index (χ3v) is 8.39. The van der Waals surface area contributed by atoms with Crippen molar-refractivity contribution in [1.82, 2.24) is 10.2 Å². The number of hydrogen-bond donors (Lipinski definition) is 1. The summed E-state index contributed by atoms with van der Waals surface area (Å²) in [5, 5.41) is 2.89. The van der Waals surface area contributed by atoms with Crippen molar-refractivity contribution in [1.29, 1.82) is 0 Å². The predicted molar refractivity (Wildman–Crippen MR) is 158 cm³/mol. The lowest BCUT2D eigenvalue weighted by atomic mass is 10.1. The summed E-state index contributed by atoms with van der Waals surface area (Å²) in [5.74, 6) is -0.140. The van der Waals surface area contributed by atoms with Gasteiger partial charge < -0.3 is 15.0 Å². The molecule has 0 saturated carbocycles. The molecule has 1 unspecified atom stereocenters. The molecular formula is C31H39N3O5S. The SMILES string of the molecule is CCCNC(=O)C(CC)N(Cc1cccc(OC)c1)C(=O)CN(c1cccc(C)c1)S(=O)(=O)c1ccc(C)cc1. The molecule has 0 bridgehead atoms. The lowest BCUT2D eigenvalue weighted by Crippen LogP contribution is -2.52. The molecular weight excluding hydrogens is 526 g/mol. The molecule has 0 fully saturated rings. The van der Waals surface area contributed by atoms with E-state index in [1.54, 1.807) is 61.7 Å². The van der Waals surface area contributed by atoms with E-state index in [0.29, 0.717) is 24.4 Å². The first-order valence-electron chi connectivity index (χ1n) is 13.5. The first-order chi connectivity index (χ1) is 19.1. The quantitative estimate of drug-likeness (QED) is 0.320. The minimum absolute atomic E-state index is 0.0829. The summed E-state index contributed by atoms with van der Waals surface area (Å²) in [5.41, 5.74) is 2.91. The monoisotopic (exact) mass is 565 g/mol. The molecule has 0 aliphatic rings. The largest absolute Gasteiger partial charge is 0.497 e. The molecule has 0 spiro atoms. The van der Waals surface area contributed by atoms with Crippen molar-refractivity contribution in [3.8, 4) is 5.75 Å². The van der Waals surface area contributed by atoms with E-state index in [9.17, 15) is 18.0 Å². The second-order valence-electron chi connectivity index (χ2n) is 9.75. The van der Waals surface area contributed by atoms with Crippen molar-refractivity contribution in [2.75, 3.05) is 24.5 Å². The summed E-state index contributed by atoms with van der Waals surface area (Å²) in [6, 6.07) is 20.0. The van der Waals surface area contributed by atoms with Crippen LogP contribution in [0.3, 0.4) is 0 Å². The van der Waals surface area contributed by atoms with Crippen molar-refractivity contribution in [3.63, 3.8) is 0 Å². The highest BCUT2D eigenvalue weighted by molar-refractivity contribution is 7.92. The molecule has 0 heterocycles. The third-order valence-electron chi connectivity index (χ3n) is 6.60. The summed E-state index contributed by atoms with van der Waals surface area (Å²) < 4.78 is 34.3. The Hall–Kier alpha value is -3.85. The number of carbonyl (C=O) groups is 2. The number of aryl methyl sites for hydroxylation is 2. The molecule has 0 saturated heterocycles. The maximum atomic E-state index is 14.1. The summed E-state index contributed by atoms with van der Waals surface area (Å²) in [6.07, 6.45) is 1.11. The zero-order chi connectivity index (χ0) is 29.3. The fraction of sp³-hybridized carbons (Fsp3) is 0.355. The standard InChI is InChI=1S/C31H39N3O5S/c1-6-18-32-31(36)29(7-2)33(21-25-11-9-13-27(20-25)39-5)30(35)22-34(26-12-8-10-24(4)19-26)40(37,38)28-16-14-23(3)15-17-28/h8-17,19-20,29H,6-7,18,21-22H2,1-5H3,(H,32,36). The molecule has 3 aromatic carbocycles. The third kappa shape index (κ3) is 7.63. The number of nitrogens with zero attached hydrogens (tertiary/aromatic N) is 2. The van der Waals surface area contributed by atoms with E-state index in [-0.39, 0.29) is 17.3 Å². The van der Waals surface area contributed by atoms with Gasteiger partial charge in [-0.05, 0) is 74.2 Å². The first kappa shape index (κ1) is 30.7. The molecule has 1 atom stereocenters. The van der Waals surface area contributed by atoms with E-state index < -0.39 is 28.5 Å². The number of benzene rings is 3. The van der Waals surface area contributed by atoms with Gasteiger partial charge in [0.15, 0.2) is 0 Å². The minimum atomic E-state index is -4.10. The fourth-order valence-corrected chi connectivity index (χ4v) is 5.81. The van der Waals surface area contributed by atoms with E-state index in [1.807, 2.05) is 45.9 Å². The summed E-state index contributed by atoms with van der Waals surface area (Å²) in [6.45, 7) is 7.65. The van der Waals surface area contributed by atoms with Gasteiger partial charge in [-0.2, -0.15) is 0 Å². The van der Waals surface area contributed by atoms with E-state index in [1.165, 1.54) is 4.90 Å². The maximum absolute atomic E-state index is 14.1. The highest BCUT2D eigenvalue weighted by Crippen LogP contribution is 2.26. The maximum Gasteiger partial charge on any atom is 0.264 e. The Kier molecular flexibility index (Phi) is 10.7. The number of rotatable bonds is 13. The van der Waals surface area contributed by atoms with Gasteiger partial charge in [-0.25, -0.2) is 8.42 Å². The van der Waals surface area contributed by atoms with Crippen LogP contribution in [0.5, 0.6) is 5.75 Å². The Morgan fingerprint density at radius 3 is 2.25 bits per heavy atom. The second kappa shape index (κ2) is 14.0. The molecule has 0 aliphatic carbocycles. The zero-order valence-electron chi connectivity index (χ0n) is 23.9. The van der Waals surface area contributed by atoms with Crippen molar-refractivity contribution in [2.45, 2.75) is 58.0 Å². The number of methoxy groups -OCH3 is 1. The second-order valence-corrected chi connectivity index (χ2v) is 11.6. The van der Waals surface area contributed by atoms with Gasteiger partial charge in [0.05, 0.1) is 17.7 Å². The fourth-order valence-electron chi connectivity index (χ4n) is 4.40. The molecule has 0 aromatic heterocycles. The van der Waals surface area contributed by atoms with Crippen LogP contribution in [0.2, 0.25) is 0 Å². The van der Waals surface area contributed by atoms with Crippen LogP contribution in [-0.2, 0) is 26.2 Å². The van der Waals surface area contributed by atoms with Gasteiger partial charge in [-0.1, -0.05) is 55.8 Å². The molecule has 3 aromatic rings. The van der Waals surface area contributed by atoms with Gasteiger partial charge in [-0.15, -0.1) is 0 Å². The van der Waals surface area contributed by atoms with Gasteiger partial charge in [0.2, 0.25) is 11.8 Å². The summed E-state index contributed by atoms with van der Waals surface area (Å²) in [7, 11) is -2.54. The van der Waals surface area contributed by atoms with Crippen LogP contribution in [-0.4, -0.2) is 51.4 Å². The number of anilines is 1. The van der Waals surface area contributed by atoms with Crippen LogP contribution in [0.1, 0.15) is 43.4 Å². The van der Waals surface area contributed by atoms with Gasteiger partial charge in [0.25, 0.3) is 10.0 Å². The molecule has 2 amide bonds. The molecule has 0 radical (unpaired) electrons. The van der Waals surface area contributed by atoms with Crippen LogP contribution < -0.4 is 14.4 Å². The lowest BCUT2D eigenvalue weighted by Gasteiger charge is -2.33. The molecule has 3 rings (SSSR count). The highest BCUT2D eigenvalue weighted by Gasteiger charge is 2.33. The lowest BCUT2D eigenvalue weighted by molar-refractivity contribution is -0.140. The number of ether oxygens (including phenoxy) is 1. The Bertz CT molecular complexity index is 1410. The van der Waals surface area contributed by atoms with Crippen molar-refractivity contribution in [3.05, 3.63) is 89.5 Å². The summed E-state index contributed by atoms with van der Waals surface area (Å²) in [4.78, 5) is 28.8. The van der Waals surface area contributed by atoms with Crippen LogP contribution >= 0.6 is 0 Å². The van der Waals surface area contributed by atoms with Gasteiger partial charge >= 0.3 is 0 Å². The molecule has 40 heavy (non-hydrogen) atoms. The van der Waals surface area contributed by atoms with Gasteiger partial charge in [-0.3, -0.25) is 13.9 Å². The number of hydrogen-bond acceptors (Lipinski definition) is 5. The van der Waals surface area contributed by atoms with Gasteiger partial charge in [0.1, 0.15) is 18.3 Å². The van der Waals surface area contributed by atoms with Crippen LogP contribution in [0.4, 0.5) is 5.69 Å². The number of carbonyl (C=O) groups excluding carboxylic acids is 2. The molecule has 1 N–H and O–H groups in total. The number of nitrogens with one attached hydrogen (secondary N) is 1. The number of amides is 2. The topological polar surface area (TPSA) is 96.0 Å². The first-order valence-corrected chi connectivity index (χ1v) is 14.9. The van der Waals surface area contributed by atoms with Crippen molar-refractivity contribution in [2.24, 2.45) is 0 Å². The normalized spacial score (nSPS) is 11.9. The minimum Gasteiger partial charge on any atom is -0.497 e. The van der Waals surface area contributed by atoms with Gasteiger partial charge in [0, 0.05) is 13.1 Å². The van der Waals surface area contributed by atoms with E-state index in [0.717, 1.165) is 27.4 Å². The van der Waals surface area contributed by atoms with E-state index >= 15 is 0 Å². The average molecular weight is 566 g/mol. The van der Waals surface area contributed by atoms with E-state index in [2.05, 4.69) is 5.32 Å². The van der Waals surface area contributed by atoms with Crippen molar-refractivity contribution >= 4 is 27.5 Å². The van der Waals surface area contributed by atoms with E-state index in [4.69, 9.17) is 4.74 Å². The predicted octanol–water partition coefficient (Wildman–Crippen LogP) is 4.84.